The maximum Gasteiger partial charge on any atom is 0.159 e. The Morgan fingerprint density at radius 1 is 1.31 bits per heavy atom. The van der Waals surface area contributed by atoms with Crippen LogP contribution in [0.25, 0.3) is 0 Å². The van der Waals surface area contributed by atoms with Crippen LogP contribution in [0.3, 0.4) is 0 Å². The monoisotopic (exact) mass is 183 g/mol. The van der Waals surface area contributed by atoms with Crippen LogP contribution < -0.4 is 0 Å². The summed E-state index contributed by atoms with van der Waals surface area (Å²) in [4.78, 5) is 0. The van der Waals surface area contributed by atoms with Gasteiger partial charge in [-0.15, -0.1) is 10.2 Å². The first kappa shape index (κ1) is 10.2. The smallest absolute Gasteiger partial charge is 0.159 e. The van der Waals surface area contributed by atoms with Gasteiger partial charge in [-0.25, -0.2) is 0 Å². The zero-order valence-electron chi connectivity index (χ0n) is 8.49. The number of nitrogens with zero attached hydrogens (tertiary/aromatic N) is 3. The van der Waals surface area contributed by atoms with E-state index >= 15 is 0 Å². The molecule has 4 nitrogen and oxygen atoms in total. The van der Waals surface area contributed by atoms with Crippen molar-refractivity contribution in [3.8, 4) is 0 Å². The highest BCUT2D eigenvalue weighted by atomic mass is 16.3. The average Bonchev–Trinajstić information content (AvgIpc) is 2.48. The molecular weight excluding hydrogens is 166 g/mol. The summed E-state index contributed by atoms with van der Waals surface area (Å²) in [6.07, 6.45) is 1.97. The molecule has 0 fully saturated rings. The number of hydrogen-bond donors (Lipinski definition) is 1. The second-order valence-corrected chi connectivity index (χ2v) is 3.40. The molecular formula is C9H17N3O. The number of aliphatic hydroxyl groups excluding tert-OH is 1. The molecule has 0 aliphatic carbocycles. The van der Waals surface area contributed by atoms with Gasteiger partial charge >= 0.3 is 0 Å². The Hall–Kier alpha value is -0.900. The molecule has 0 spiro atoms. The lowest BCUT2D eigenvalue weighted by molar-refractivity contribution is 0.261. The summed E-state index contributed by atoms with van der Waals surface area (Å²) >= 11 is 0. The van der Waals surface area contributed by atoms with Crippen molar-refractivity contribution in [1.82, 2.24) is 14.8 Å². The minimum atomic E-state index is -0.0328. The number of aryl methyl sites for hydroxylation is 1. The van der Waals surface area contributed by atoms with Gasteiger partial charge in [0.25, 0.3) is 0 Å². The Morgan fingerprint density at radius 2 is 1.92 bits per heavy atom. The molecule has 0 amide bonds. The Bertz CT molecular complexity index is 268. The summed E-state index contributed by atoms with van der Waals surface area (Å²) in [5.74, 6) is 1.64. The van der Waals surface area contributed by atoms with Gasteiger partial charge in [-0.05, 0) is 20.3 Å². The normalized spacial score (nSPS) is 11.2. The van der Waals surface area contributed by atoms with E-state index in [1.165, 1.54) is 0 Å². The van der Waals surface area contributed by atoms with E-state index in [4.69, 9.17) is 5.11 Å². The van der Waals surface area contributed by atoms with Crippen LogP contribution in [0.2, 0.25) is 0 Å². The van der Waals surface area contributed by atoms with Gasteiger partial charge in [-0.2, -0.15) is 0 Å². The molecule has 1 rings (SSSR count). The summed E-state index contributed by atoms with van der Waals surface area (Å²) in [5.41, 5.74) is 0. The zero-order chi connectivity index (χ0) is 9.84. The molecule has 1 aromatic rings. The number of aliphatic hydroxyl groups is 1. The summed E-state index contributed by atoms with van der Waals surface area (Å²) < 4.78 is 2.00. The minimum absolute atomic E-state index is 0.0328. The van der Waals surface area contributed by atoms with Crippen molar-refractivity contribution >= 4 is 0 Å². The van der Waals surface area contributed by atoms with Crippen molar-refractivity contribution < 1.29 is 5.11 Å². The summed E-state index contributed by atoms with van der Waals surface area (Å²) in [5, 5.41) is 17.0. The van der Waals surface area contributed by atoms with E-state index < -0.39 is 0 Å². The van der Waals surface area contributed by atoms with Gasteiger partial charge in [-0.3, -0.25) is 0 Å². The SMILES string of the molecule is CCCc1nnc(CO)n1C(C)C. The Labute approximate surface area is 78.6 Å². The average molecular weight is 183 g/mol. The third kappa shape index (κ3) is 2.06. The molecule has 1 N–H and O–H groups in total. The van der Waals surface area contributed by atoms with Gasteiger partial charge in [-0.1, -0.05) is 6.92 Å². The van der Waals surface area contributed by atoms with E-state index in [9.17, 15) is 0 Å². The first-order valence-electron chi connectivity index (χ1n) is 4.74. The van der Waals surface area contributed by atoms with E-state index in [-0.39, 0.29) is 6.61 Å². The van der Waals surface area contributed by atoms with Crippen LogP contribution in [0.5, 0.6) is 0 Å². The Balaban J connectivity index is 2.99. The fourth-order valence-electron chi connectivity index (χ4n) is 1.46. The predicted octanol–water partition coefficient (Wildman–Crippen LogP) is 1.30. The maximum atomic E-state index is 9.03. The van der Waals surface area contributed by atoms with Crippen molar-refractivity contribution in [3.05, 3.63) is 11.6 Å². The van der Waals surface area contributed by atoms with Gasteiger partial charge in [0, 0.05) is 12.5 Å². The lowest BCUT2D eigenvalue weighted by Crippen LogP contribution is -2.10. The van der Waals surface area contributed by atoms with Crippen LogP contribution in [-0.4, -0.2) is 19.9 Å². The molecule has 13 heavy (non-hydrogen) atoms. The van der Waals surface area contributed by atoms with Crippen molar-refractivity contribution in [2.75, 3.05) is 0 Å². The van der Waals surface area contributed by atoms with Crippen LogP contribution in [-0.2, 0) is 13.0 Å². The number of hydrogen-bond acceptors (Lipinski definition) is 3. The molecule has 1 aromatic heterocycles. The molecule has 0 unspecified atom stereocenters. The van der Waals surface area contributed by atoms with Gasteiger partial charge in [0.1, 0.15) is 12.4 Å². The Kier molecular flexibility index (Phi) is 3.42. The Morgan fingerprint density at radius 3 is 2.38 bits per heavy atom. The van der Waals surface area contributed by atoms with Gasteiger partial charge in [0.2, 0.25) is 0 Å². The van der Waals surface area contributed by atoms with E-state index in [1.54, 1.807) is 0 Å². The largest absolute Gasteiger partial charge is 0.388 e. The van der Waals surface area contributed by atoms with Crippen molar-refractivity contribution in [1.29, 1.82) is 0 Å². The van der Waals surface area contributed by atoms with Crippen molar-refractivity contribution in [3.63, 3.8) is 0 Å². The fourth-order valence-corrected chi connectivity index (χ4v) is 1.46. The van der Waals surface area contributed by atoms with Gasteiger partial charge in [0.15, 0.2) is 5.82 Å². The summed E-state index contributed by atoms with van der Waals surface area (Å²) in [6, 6.07) is 0.318. The standard InChI is InChI=1S/C9H17N3O/c1-4-5-8-10-11-9(6-13)12(8)7(2)3/h7,13H,4-6H2,1-3H3. The van der Waals surface area contributed by atoms with Crippen LogP contribution in [0.4, 0.5) is 0 Å². The van der Waals surface area contributed by atoms with E-state index in [2.05, 4.69) is 31.0 Å². The second kappa shape index (κ2) is 4.37. The van der Waals surface area contributed by atoms with Crippen LogP contribution in [0.1, 0.15) is 44.9 Å². The zero-order valence-corrected chi connectivity index (χ0v) is 8.49. The molecule has 0 aliphatic rings. The number of aromatic nitrogens is 3. The molecule has 74 valence electrons. The maximum absolute atomic E-state index is 9.03. The molecule has 0 saturated carbocycles. The van der Waals surface area contributed by atoms with Gasteiger partial charge in [0.05, 0.1) is 0 Å². The van der Waals surface area contributed by atoms with Crippen LogP contribution in [0, 0.1) is 0 Å². The van der Waals surface area contributed by atoms with E-state index in [0.717, 1.165) is 18.7 Å². The van der Waals surface area contributed by atoms with E-state index in [1.807, 2.05) is 4.57 Å². The molecule has 0 atom stereocenters. The molecule has 4 heteroatoms. The molecule has 0 saturated heterocycles. The third-order valence-corrected chi connectivity index (χ3v) is 1.97. The lowest BCUT2D eigenvalue weighted by atomic mass is 10.3. The predicted molar refractivity (Wildman–Crippen MR) is 50.3 cm³/mol. The van der Waals surface area contributed by atoms with Crippen LogP contribution >= 0.6 is 0 Å². The highest BCUT2D eigenvalue weighted by Crippen LogP contribution is 2.12. The first-order chi connectivity index (χ1) is 6.20. The van der Waals surface area contributed by atoms with Gasteiger partial charge < -0.3 is 9.67 Å². The number of rotatable bonds is 4. The molecule has 1 heterocycles. The summed E-state index contributed by atoms with van der Waals surface area (Å²) in [7, 11) is 0. The first-order valence-corrected chi connectivity index (χ1v) is 4.74. The minimum Gasteiger partial charge on any atom is -0.388 e. The quantitative estimate of drug-likeness (QED) is 0.765. The molecule has 0 aliphatic heterocycles. The lowest BCUT2D eigenvalue weighted by Gasteiger charge is -2.12. The highest BCUT2D eigenvalue weighted by molar-refractivity contribution is 4.97. The summed E-state index contributed by atoms with van der Waals surface area (Å²) in [6.45, 7) is 6.22. The van der Waals surface area contributed by atoms with Crippen LogP contribution in [0.15, 0.2) is 0 Å². The van der Waals surface area contributed by atoms with Crippen molar-refractivity contribution in [2.24, 2.45) is 0 Å². The highest BCUT2D eigenvalue weighted by Gasteiger charge is 2.12. The second-order valence-electron chi connectivity index (χ2n) is 3.40. The third-order valence-electron chi connectivity index (χ3n) is 1.97. The topological polar surface area (TPSA) is 50.9 Å². The fraction of sp³-hybridized carbons (Fsp3) is 0.778. The van der Waals surface area contributed by atoms with Crippen molar-refractivity contribution in [2.45, 2.75) is 46.3 Å². The molecule has 0 bridgehead atoms. The van der Waals surface area contributed by atoms with E-state index in [0.29, 0.717) is 11.9 Å². The molecule has 0 aromatic carbocycles. The molecule has 0 radical (unpaired) electrons.